The average molecular weight is 255 g/mol. The van der Waals surface area contributed by atoms with Crippen LogP contribution in [0.2, 0.25) is 0 Å². The number of carbonyl (C=O) groups excluding carboxylic acids is 1. The van der Waals surface area contributed by atoms with Crippen LogP contribution >= 0.6 is 0 Å². The molecule has 1 atom stereocenters. The highest BCUT2D eigenvalue weighted by Gasteiger charge is 2.19. The first kappa shape index (κ1) is 15.4. The van der Waals surface area contributed by atoms with E-state index in [-0.39, 0.29) is 11.9 Å². The number of rotatable bonds is 6. The maximum Gasteiger partial charge on any atom is 0.234 e. The molecule has 1 unspecified atom stereocenters. The Balaban J connectivity index is 2.19. The van der Waals surface area contributed by atoms with Gasteiger partial charge in [-0.3, -0.25) is 9.69 Å². The van der Waals surface area contributed by atoms with E-state index in [9.17, 15) is 4.79 Å². The number of amides is 1. The Bertz CT molecular complexity index is 255. The highest BCUT2D eigenvalue weighted by Crippen LogP contribution is 2.17. The van der Waals surface area contributed by atoms with Crippen LogP contribution in [0.5, 0.6) is 0 Å². The zero-order valence-corrected chi connectivity index (χ0v) is 12.4. The zero-order chi connectivity index (χ0) is 13.5. The van der Waals surface area contributed by atoms with Crippen molar-refractivity contribution in [3.8, 4) is 0 Å². The van der Waals surface area contributed by atoms with Crippen molar-refractivity contribution in [1.29, 1.82) is 0 Å². The molecule has 4 heteroatoms. The predicted octanol–water partition coefficient (Wildman–Crippen LogP) is 1.32. The second kappa shape index (κ2) is 7.74. The minimum Gasteiger partial charge on any atom is -0.353 e. The van der Waals surface area contributed by atoms with Gasteiger partial charge in [0.2, 0.25) is 5.91 Å². The molecule has 106 valence electrons. The zero-order valence-electron chi connectivity index (χ0n) is 12.4. The molecule has 0 spiro atoms. The molecule has 1 aliphatic heterocycles. The van der Waals surface area contributed by atoms with Crippen molar-refractivity contribution in [3.05, 3.63) is 0 Å². The number of nitrogens with zero attached hydrogens (tertiary/aromatic N) is 2. The molecule has 0 aromatic carbocycles. The maximum absolute atomic E-state index is 11.6. The molecule has 1 N–H and O–H groups in total. The lowest BCUT2D eigenvalue weighted by Crippen LogP contribution is -2.41. The van der Waals surface area contributed by atoms with Crippen LogP contribution in [-0.4, -0.2) is 61.5 Å². The molecule has 0 aromatic rings. The van der Waals surface area contributed by atoms with E-state index in [1.807, 2.05) is 20.9 Å². The van der Waals surface area contributed by atoms with Crippen molar-refractivity contribution < 1.29 is 4.79 Å². The first-order chi connectivity index (χ1) is 8.49. The third-order valence-corrected chi connectivity index (χ3v) is 3.63. The molecule has 0 aliphatic carbocycles. The van der Waals surface area contributed by atoms with Gasteiger partial charge in [-0.15, -0.1) is 0 Å². The molecule has 1 saturated heterocycles. The van der Waals surface area contributed by atoms with Gasteiger partial charge >= 0.3 is 0 Å². The minimum atomic E-state index is 0.129. The van der Waals surface area contributed by atoms with Gasteiger partial charge in [0, 0.05) is 12.1 Å². The summed E-state index contributed by atoms with van der Waals surface area (Å²) in [6, 6.07) is 0.935. The highest BCUT2D eigenvalue weighted by atomic mass is 16.2. The number of likely N-dealkylation sites (N-methyl/N-ethyl adjacent to an activating group) is 1. The number of likely N-dealkylation sites (tertiary alicyclic amines) is 1. The third-order valence-electron chi connectivity index (χ3n) is 3.63. The van der Waals surface area contributed by atoms with E-state index in [1.54, 1.807) is 0 Å². The van der Waals surface area contributed by atoms with Gasteiger partial charge in [-0.2, -0.15) is 0 Å². The van der Waals surface area contributed by atoms with E-state index >= 15 is 0 Å². The third kappa shape index (κ3) is 5.83. The van der Waals surface area contributed by atoms with Gasteiger partial charge in [-0.25, -0.2) is 0 Å². The quantitative estimate of drug-likeness (QED) is 0.777. The lowest BCUT2D eigenvalue weighted by Gasteiger charge is -2.33. The molecule has 1 aliphatic rings. The van der Waals surface area contributed by atoms with E-state index in [4.69, 9.17) is 0 Å². The average Bonchev–Trinajstić information content (AvgIpc) is 2.26. The summed E-state index contributed by atoms with van der Waals surface area (Å²) in [4.78, 5) is 16.2. The molecule has 0 saturated carbocycles. The number of carbonyl (C=O) groups is 1. The molecule has 1 rings (SSSR count). The van der Waals surface area contributed by atoms with E-state index < -0.39 is 0 Å². The van der Waals surface area contributed by atoms with Crippen molar-refractivity contribution in [2.75, 3.05) is 33.7 Å². The van der Waals surface area contributed by atoms with Crippen LogP contribution in [-0.2, 0) is 4.79 Å². The summed E-state index contributed by atoms with van der Waals surface area (Å²) in [5.74, 6) is 0.129. The Hall–Kier alpha value is -0.610. The summed E-state index contributed by atoms with van der Waals surface area (Å²) in [6.45, 7) is 6.72. The van der Waals surface area contributed by atoms with Crippen molar-refractivity contribution >= 4 is 5.91 Å². The van der Waals surface area contributed by atoms with Crippen LogP contribution in [0.25, 0.3) is 0 Å². The first-order valence-electron chi connectivity index (χ1n) is 7.17. The summed E-state index contributed by atoms with van der Waals surface area (Å²) in [5.41, 5.74) is 0. The summed E-state index contributed by atoms with van der Waals surface area (Å²) in [6.07, 6.45) is 5.16. The summed E-state index contributed by atoms with van der Waals surface area (Å²) in [5, 5.41) is 2.93. The van der Waals surface area contributed by atoms with Gasteiger partial charge in [0.25, 0.3) is 0 Å². The molecule has 1 amide bonds. The molecule has 18 heavy (non-hydrogen) atoms. The van der Waals surface area contributed by atoms with E-state index in [1.165, 1.54) is 32.2 Å². The van der Waals surface area contributed by atoms with Crippen molar-refractivity contribution in [3.63, 3.8) is 0 Å². The molecule has 1 heterocycles. The van der Waals surface area contributed by atoms with Gasteiger partial charge in [0.1, 0.15) is 0 Å². The fourth-order valence-electron chi connectivity index (χ4n) is 2.57. The van der Waals surface area contributed by atoms with Crippen molar-refractivity contribution in [2.45, 2.75) is 51.6 Å². The number of piperidine rings is 1. The van der Waals surface area contributed by atoms with E-state index in [0.717, 1.165) is 6.54 Å². The van der Waals surface area contributed by atoms with Gasteiger partial charge in [0.15, 0.2) is 0 Å². The second-order valence-corrected chi connectivity index (χ2v) is 5.88. The van der Waals surface area contributed by atoms with Crippen LogP contribution in [0.3, 0.4) is 0 Å². The second-order valence-electron chi connectivity index (χ2n) is 5.88. The van der Waals surface area contributed by atoms with Gasteiger partial charge in [-0.05, 0) is 60.3 Å². The van der Waals surface area contributed by atoms with Crippen LogP contribution in [0.4, 0.5) is 0 Å². The number of hydrogen-bond donors (Lipinski definition) is 1. The fourth-order valence-corrected chi connectivity index (χ4v) is 2.57. The van der Waals surface area contributed by atoms with Crippen LogP contribution in [0.15, 0.2) is 0 Å². The molecule has 1 fully saturated rings. The summed E-state index contributed by atoms with van der Waals surface area (Å²) >= 11 is 0. The van der Waals surface area contributed by atoms with Crippen molar-refractivity contribution in [1.82, 2.24) is 15.1 Å². The molecule has 0 radical (unpaired) electrons. The Morgan fingerprint density at radius 1 is 1.44 bits per heavy atom. The lowest BCUT2D eigenvalue weighted by atomic mass is 10.00. The Kier molecular flexibility index (Phi) is 6.65. The molecular weight excluding hydrogens is 226 g/mol. The fraction of sp³-hybridized carbons (Fsp3) is 0.929. The monoisotopic (exact) mass is 255 g/mol. The van der Waals surface area contributed by atoms with E-state index in [0.29, 0.717) is 12.6 Å². The molecule has 4 nitrogen and oxygen atoms in total. The smallest absolute Gasteiger partial charge is 0.234 e. The van der Waals surface area contributed by atoms with Crippen LogP contribution < -0.4 is 5.32 Å². The Morgan fingerprint density at radius 2 is 2.17 bits per heavy atom. The maximum atomic E-state index is 11.6. The van der Waals surface area contributed by atoms with E-state index in [2.05, 4.69) is 22.2 Å². The van der Waals surface area contributed by atoms with Gasteiger partial charge in [0.05, 0.1) is 6.54 Å². The Morgan fingerprint density at radius 3 is 2.78 bits per heavy atom. The van der Waals surface area contributed by atoms with Crippen LogP contribution in [0, 0.1) is 0 Å². The van der Waals surface area contributed by atoms with Gasteiger partial charge in [-0.1, -0.05) is 6.42 Å². The van der Waals surface area contributed by atoms with Crippen molar-refractivity contribution in [2.24, 2.45) is 0 Å². The summed E-state index contributed by atoms with van der Waals surface area (Å²) < 4.78 is 0. The highest BCUT2D eigenvalue weighted by molar-refractivity contribution is 5.78. The first-order valence-corrected chi connectivity index (χ1v) is 7.17. The predicted molar refractivity (Wildman–Crippen MR) is 75.7 cm³/mol. The largest absolute Gasteiger partial charge is 0.353 e. The lowest BCUT2D eigenvalue weighted by molar-refractivity contribution is -0.122. The summed E-state index contributed by atoms with van der Waals surface area (Å²) in [7, 11) is 4.25. The minimum absolute atomic E-state index is 0.129. The van der Waals surface area contributed by atoms with Crippen LogP contribution in [0.1, 0.15) is 39.5 Å². The normalized spacial score (nSPS) is 21.6. The standard InChI is InChI=1S/C14H29N3O/c1-12(2)15-14(18)11-16(3)10-8-13-7-5-6-9-17(13)4/h12-13H,5-11H2,1-4H3,(H,15,18). The Labute approximate surface area is 112 Å². The number of hydrogen-bond acceptors (Lipinski definition) is 3. The topological polar surface area (TPSA) is 35.6 Å². The number of nitrogens with one attached hydrogen (secondary N) is 1. The van der Waals surface area contributed by atoms with Gasteiger partial charge < -0.3 is 10.2 Å². The molecule has 0 aromatic heterocycles. The molecule has 0 bridgehead atoms. The SMILES string of the molecule is CC(C)NC(=O)CN(C)CCC1CCCCN1C. The molecular formula is C14H29N3O.